The van der Waals surface area contributed by atoms with E-state index in [1.165, 1.54) is 27.6 Å². The first kappa shape index (κ1) is 14.4. The van der Waals surface area contributed by atoms with Gasteiger partial charge in [0.05, 0.1) is 0 Å². The highest BCUT2D eigenvalue weighted by molar-refractivity contribution is 8.00. The third-order valence-electron chi connectivity index (χ3n) is 3.24. The van der Waals surface area contributed by atoms with Gasteiger partial charge in [0, 0.05) is 24.3 Å². The molecule has 0 atom stereocenters. The Hall–Kier alpha value is -2.53. The molecule has 0 radical (unpaired) electrons. The average molecular weight is 309 g/mol. The summed E-state index contributed by atoms with van der Waals surface area (Å²) >= 11 is 1.37. The second-order valence-electron chi connectivity index (χ2n) is 4.79. The molecule has 0 aliphatic heterocycles. The summed E-state index contributed by atoms with van der Waals surface area (Å²) in [6.07, 6.45) is 3.23. The lowest BCUT2D eigenvalue weighted by Crippen LogP contribution is -2.19. The first-order valence-corrected chi connectivity index (χ1v) is 7.66. The van der Waals surface area contributed by atoms with Crippen LogP contribution in [0.25, 0.3) is 11.1 Å². The molecule has 0 aliphatic rings. The van der Waals surface area contributed by atoms with Crippen LogP contribution in [0.4, 0.5) is 5.82 Å². The summed E-state index contributed by atoms with van der Waals surface area (Å²) in [6.45, 7) is 0. The predicted octanol–water partition coefficient (Wildman–Crippen LogP) is 3.57. The quantitative estimate of drug-likeness (QED) is 0.749. The molecule has 0 bridgehead atoms. The summed E-state index contributed by atoms with van der Waals surface area (Å²) in [5, 5.41) is 0. The van der Waals surface area contributed by atoms with Gasteiger partial charge in [-0.1, -0.05) is 42.5 Å². The molecule has 5 heteroatoms. The second kappa shape index (κ2) is 6.49. The monoisotopic (exact) mass is 309 g/mol. The van der Waals surface area contributed by atoms with Gasteiger partial charge in [-0.2, -0.15) is 0 Å². The van der Waals surface area contributed by atoms with E-state index in [-0.39, 0.29) is 5.56 Å². The Bertz CT molecular complexity index is 813. The van der Waals surface area contributed by atoms with E-state index in [1.54, 1.807) is 19.4 Å². The van der Waals surface area contributed by atoms with Crippen LogP contribution in [0.1, 0.15) is 0 Å². The van der Waals surface area contributed by atoms with E-state index in [2.05, 4.69) is 34.0 Å². The number of nitrogens with zero attached hydrogens (tertiary/aromatic N) is 2. The van der Waals surface area contributed by atoms with Crippen LogP contribution in [0.3, 0.4) is 0 Å². The summed E-state index contributed by atoms with van der Waals surface area (Å²) < 4.78 is 4.50. The molecule has 0 unspecified atom stereocenters. The molecule has 3 rings (SSSR count). The molecule has 1 aromatic heterocycles. The van der Waals surface area contributed by atoms with Crippen molar-refractivity contribution in [3.05, 3.63) is 77.3 Å². The summed E-state index contributed by atoms with van der Waals surface area (Å²) in [5.41, 5.74) is 2.21. The van der Waals surface area contributed by atoms with Crippen LogP contribution in [0.15, 0.2) is 76.7 Å². The number of aromatic nitrogens is 2. The molecule has 3 aromatic rings. The number of rotatable bonds is 4. The molecular weight excluding hydrogens is 294 g/mol. The Morgan fingerprint density at radius 1 is 1.00 bits per heavy atom. The summed E-state index contributed by atoms with van der Waals surface area (Å²) in [4.78, 5) is 16.9. The minimum absolute atomic E-state index is 0.143. The number of aryl methyl sites for hydroxylation is 1. The molecule has 0 saturated carbocycles. The van der Waals surface area contributed by atoms with Crippen molar-refractivity contribution in [1.82, 2.24) is 9.55 Å². The highest BCUT2D eigenvalue weighted by atomic mass is 32.2. The SMILES string of the molecule is Cn1ccnc(NSc2ccc(-c3ccccc3)cc2)c1=O. The van der Waals surface area contributed by atoms with Crippen LogP contribution in [0, 0.1) is 0 Å². The van der Waals surface area contributed by atoms with Gasteiger partial charge in [0.25, 0.3) is 5.56 Å². The Kier molecular flexibility index (Phi) is 4.25. The van der Waals surface area contributed by atoms with E-state index in [0.29, 0.717) is 5.82 Å². The first-order valence-electron chi connectivity index (χ1n) is 6.84. The molecule has 2 aromatic carbocycles. The number of benzene rings is 2. The number of anilines is 1. The molecule has 0 spiro atoms. The topological polar surface area (TPSA) is 46.9 Å². The fourth-order valence-electron chi connectivity index (χ4n) is 2.02. The van der Waals surface area contributed by atoms with Crippen molar-refractivity contribution >= 4 is 17.8 Å². The Morgan fingerprint density at radius 2 is 1.68 bits per heavy atom. The van der Waals surface area contributed by atoms with Crippen molar-refractivity contribution in [3.8, 4) is 11.1 Å². The molecule has 0 saturated heterocycles. The van der Waals surface area contributed by atoms with Crippen LogP contribution in [-0.2, 0) is 7.05 Å². The molecule has 0 fully saturated rings. The zero-order valence-electron chi connectivity index (χ0n) is 12.1. The fourth-order valence-corrected chi connectivity index (χ4v) is 2.65. The number of nitrogens with one attached hydrogen (secondary N) is 1. The molecule has 1 heterocycles. The van der Waals surface area contributed by atoms with E-state index in [0.717, 1.165) is 4.90 Å². The maximum atomic E-state index is 11.9. The second-order valence-corrected chi connectivity index (χ2v) is 5.67. The lowest BCUT2D eigenvalue weighted by Gasteiger charge is -2.06. The van der Waals surface area contributed by atoms with Gasteiger partial charge >= 0.3 is 0 Å². The average Bonchev–Trinajstić information content (AvgIpc) is 2.57. The van der Waals surface area contributed by atoms with Gasteiger partial charge in [-0.15, -0.1) is 0 Å². The van der Waals surface area contributed by atoms with Crippen LogP contribution < -0.4 is 10.3 Å². The van der Waals surface area contributed by atoms with Crippen molar-refractivity contribution in [2.75, 3.05) is 4.72 Å². The van der Waals surface area contributed by atoms with Crippen molar-refractivity contribution in [2.24, 2.45) is 7.05 Å². The smallest absolute Gasteiger partial charge is 0.293 e. The largest absolute Gasteiger partial charge is 0.314 e. The van der Waals surface area contributed by atoms with Gasteiger partial charge in [0.2, 0.25) is 5.82 Å². The van der Waals surface area contributed by atoms with Crippen molar-refractivity contribution in [1.29, 1.82) is 0 Å². The van der Waals surface area contributed by atoms with Crippen molar-refractivity contribution in [3.63, 3.8) is 0 Å². The van der Waals surface area contributed by atoms with Gasteiger partial charge < -0.3 is 9.29 Å². The van der Waals surface area contributed by atoms with Crippen LogP contribution in [-0.4, -0.2) is 9.55 Å². The van der Waals surface area contributed by atoms with Gasteiger partial charge in [-0.05, 0) is 35.2 Å². The highest BCUT2D eigenvalue weighted by Crippen LogP contribution is 2.24. The number of hydrogen-bond acceptors (Lipinski definition) is 4. The predicted molar refractivity (Wildman–Crippen MR) is 90.8 cm³/mol. The van der Waals surface area contributed by atoms with E-state index in [1.807, 2.05) is 30.3 Å². The summed E-state index contributed by atoms with van der Waals surface area (Å²) in [6, 6.07) is 18.4. The fraction of sp³-hybridized carbons (Fsp3) is 0.0588. The molecule has 0 amide bonds. The van der Waals surface area contributed by atoms with E-state index in [4.69, 9.17) is 0 Å². The van der Waals surface area contributed by atoms with Crippen molar-refractivity contribution in [2.45, 2.75) is 4.90 Å². The zero-order chi connectivity index (χ0) is 15.4. The van der Waals surface area contributed by atoms with Crippen LogP contribution >= 0.6 is 11.9 Å². The summed E-state index contributed by atoms with van der Waals surface area (Å²) in [7, 11) is 1.70. The van der Waals surface area contributed by atoms with Crippen molar-refractivity contribution < 1.29 is 0 Å². The molecule has 110 valence electrons. The Morgan fingerprint density at radius 3 is 2.41 bits per heavy atom. The van der Waals surface area contributed by atoms with Gasteiger partial charge in [-0.25, -0.2) is 4.98 Å². The minimum Gasteiger partial charge on any atom is -0.314 e. The maximum Gasteiger partial charge on any atom is 0.293 e. The minimum atomic E-state index is -0.143. The first-order chi connectivity index (χ1) is 10.7. The van der Waals surface area contributed by atoms with Crippen LogP contribution in [0.5, 0.6) is 0 Å². The van der Waals surface area contributed by atoms with E-state index >= 15 is 0 Å². The van der Waals surface area contributed by atoms with E-state index < -0.39 is 0 Å². The Labute approximate surface area is 133 Å². The lowest BCUT2D eigenvalue weighted by atomic mass is 10.1. The lowest BCUT2D eigenvalue weighted by molar-refractivity contribution is 0.847. The summed E-state index contributed by atoms with van der Waals surface area (Å²) in [5.74, 6) is 0.335. The van der Waals surface area contributed by atoms with Gasteiger partial charge in [0.15, 0.2) is 0 Å². The third-order valence-corrected chi connectivity index (χ3v) is 4.05. The number of hydrogen-bond donors (Lipinski definition) is 1. The normalized spacial score (nSPS) is 10.4. The van der Waals surface area contributed by atoms with E-state index in [9.17, 15) is 4.79 Å². The standard InChI is InChI=1S/C17H15N3OS/c1-20-12-11-18-16(17(20)21)19-22-15-9-7-14(8-10-15)13-5-3-2-4-6-13/h2-12H,1H3,(H,18,19). The molecule has 1 N–H and O–H groups in total. The molecule has 0 aliphatic carbocycles. The molecular formula is C17H15N3OS. The Balaban J connectivity index is 1.72. The zero-order valence-corrected chi connectivity index (χ0v) is 12.9. The third kappa shape index (κ3) is 3.20. The maximum absolute atomic E-state index is 11.9. The molecule has 22 heavy (non-hydrogen) atoms. The van der Waals surface area contributed by atoms with Gasteiger partial charge in [-0.3, -0.25) is 4.79 Å². The molecule has 4 nitrogen and oxygen atoms in total. The highest BCUT2D eigenvalue weighted by Gasteiger charge is 2.03. The van der Waals surface area contributed by atoms with Gasteiger partial charge in [0.1, 0.15) is 0 Å². The van der Waals surface area contributed by atoms with Crippen LogP contribution in [0.2, 0.25) is 0 Å².